The minimum Gasteiger partial charge on any atom is -0.338 e. The van der Waals surface area contributed by atoms with Gasteiger partial charge in [0.1, 0.15) is 4.47 Å². The molecule has 1 aliphatic heterocycles. The van der Waals surface area contributed by atoms with Gasteiger partial charge in [0.25, 0.3) is 11.6 Å². The standard InChI is InChI=1S/C12H13BrN2O5S/c1-14(8-5-6-21(19,20)7-8)12(16)9-3-2-4-10(11(9)13)15(17)18/h2-4,8H,5-7H2,1H3. The van der Waals surface area contributed by atoms with E-state index in [0.717, 1.165) is 0 Å². The number of carbonyl (C=O) groups is 1. The maximum absolute atomic E-state index is 12.4. The van der Waals surface area contributed by atoms with Crippen molar-refractivity contribution >= 4 is 37.4 Å². The molecule has 1 fully saturated rings. The first-order valence-electron chi connectivity index (χ1n) is 6.13. The molecule has 7 nitrogen and oxygen atoms in total. The summed E-state index contributed by atoms with van der Waals surface area (Å²) in [5, 5.41) is 10.9. The first-order chi connectivity index (χ1) is 9.73. The van der Waals surface area contributed by atoms with Crippen LogP contribution in [0.25, 0.3) is 0 Å². The van der Waals surface area contributed by atoms with Crippen LogP contribution in [0.5, 0.6) is 0 Å². The summed E-state index contributed by atoms with van der Waals surface area (Å²) in [6.45, 7) is 0. The number of carbonyl (C=O) groups excluding carboxylic acids is 1. The second kappa shape index (κ2) is 5.72. The van der Waals surface area contributed by atoms with Gasteiger partial charge in [-0.15, -0.1) is 0 Å². The van der Waals surface area contributed by atoms with Crippen molar-refractivity contribution in [3.63, 3.8) is 0 Å². The SMILES string of the molecule is CN(C(=O)c1cccc([N+](=O)[O-])c1Br)C1CCS(=O)(=O)C1. The molecule has 1 amide bonds. The fourth-order valence-corrected chi connectivity index (χ4v) is 4.62. The molecule has 0 bridgehead atoms. The van der Waals surface area contributed by atoms with E-state index in [-0.39, 0.29) is 27.2 Å². The Balaban J connectivity index is 2.28. The molecule has 0 saturated carbocycles. The van der Waals surface area contributed by atoms with E-state index >= 15 is 0 Å². The zero-order valence-electron chi connectivity index (χ0n) is 11.2. The van der Waals surface area contributed by atoms with Crippen molar-refractivity contribution in [3.05, 3.63) is 38.3 Å². The topological polar surface area (TPSA) is 97.6 Å². The van der Waals surface area contributed by atoms with Crippen LogP contribution in [0.3, 0.4) is 0 Å². The Kier molecular flexibility index (Phi) is 4.33. The molecule has 0 spiro atoms. The van der Waals surface area contributed by atoms with Crippen molar-refractivity contribution in [2.75, 3.05) is 18.6 Å². The van der Waals surface area contributed by atoms with E-state index in [2.05, 4.69) is 15.9 Å². The van der Waals surface area contributed by atoms with Crippen molar-refractivity contribution in [2.45, 2.75) is 12.5 Å². The number of benzene rings is 1. The summed E-state index contributed by atoms with van der Waals surface area (Å²) < 4.78 is 23.1. The maximum atomic E-state index is 12.4. The third-order valence-corrected chi connectivity index (χ3v) is 6.07. The highest BCUT2D eigenvalue weighted by Gasteiger charge is 2.34. The van der Waals surface area contributed by atoms with Gasteiger partial charge in [0.2, 0.25) is 0 Å². The van der Waals surface area contributed by atoms with Gasteiger partial charge in [0, 0.05) is 19.2 Å². The Hall–Kier alpha value is -1.48. The summed E-state index contributed by atoms with van der Waals surface area (Å²) in [7, 11) is -1.59. The van der Waals surface area contributed by atoms with E-state index in [1.54, 1.807) is 0 Å². The molecule has 1 unspecified atom stereocenters. The van der Waals surface area contributed by atoms with Crippen LogP contribution in [-0.4, -0.2) is 48.7 Å². The molecule has 0 N–H and O–H groups in total. The highest BCUT2D eigenvalue weighted by atomic mass is 79.9. The van der Waals surface area contributed by atoms with Crippen molar-refractivity contribution in [2.24, 2.45) is 0 Å². The first-order valence-corrected chi connectivity index (χ1v) is 8.75. The van der Waals surface area contributed by atoms with Gasteiger partial charge in [-0.1, -0.05) is 6.07 Å². The number of amides is 1. The molecule has 21 heavy (non-hydrogen) atoms. The Morgan fingerprint density at radius 3 is 2.67 bits per heavy atom. The molecule has 1 saturated heterocycles. The van der Waals surface area contributed by atoms with Gasteiger partial charge < -0.3 is 4.90 Å². The molecule has 9 heteroatoms. The molecule has 1 aromatic rings. The van der Waals surface area contributed by atoms with Gasteiger partial charge in [-0.25, -0.2) is 8.42 Å². The summed E-state index contributed by atoms with van der Waals surface area (Å²) in [5.74, 6) is -0.444. The molecule has 1 aliphatic rings. The average molecular weight is 377 g/mol. The molecule has 1 atom stereocenters. The zero-order valence-corrected chi connectivity index (χ0v) is 13.6. The van der Waals surface area contributed by atoms with Gasteiger partial charge in [0.05, 0.1) is 22.0 Å². The fourth-order valence-electron chi connectivity index (χ4n) is 2.26. The summed E-state index contributed by atoms with van der Waals surface area (Å²) in [4.78, 5) is 24.1. The van der Waals surface area contributed by atoms with Crippen LogP contribution in [0.1, 0.15) is 16.8 Å². The number of hydrogen-bond acceptors (Lipinski definition) is 5. The highest BCUT2D eigenvalue weighted by molar-refractivity contribution is 9.10. The summed E-state index contributed by atoms with van der Waals surface area (Å²) >= 11 is 3.07. The smallest absolute Gasteiger partial charge is 0.284 e. The molecule has 114 valence electrons. The normalized spacial score (nSPS) is 20.2. The third-order valence-electron chi connectivity index (χ3n) is 3.48. The minimum absolute atomic E-state index is 0.0609. The van der Waals surface area contributed by atoms with E-state index < -0.39 is 26.7 Å². The lowest BCUT2D eigenvalue weighted by Crippen LogP contribution is -2.38. The van der Waals surface area contributed by atoms with Crippen LogP contribution in [0, 0.1) is 10.1 Å². The van der Waals surface area contributed by atoms with Gasteiger partial charge in [-0.05, 0) is 28.4 Å². The summed E-state index contributed by atoms with van der Waals surface area (Å²) in [6.07, 6.45) is 0.386. The Labute approximate surface area is 130 Å². The van der Waals surface area contributed by atoms with Gasteiger partial charge >= 0.3 is 0 Å². The first kappa shape index (κ1) is 15.9. The molecule has 2 rings (SSSR count). The minimum atomic E-state index is -3.10. The van der Waals surface area contributed by atoms with Gasteiger partial charge in [-0.2, -0.15) is 0 Å². The Morgan fingerprint density at radius 1 is 1.48 bits per heavy atom. The Morgan fingerprint density at radius 2 is 2.14 bits per heavy atom. The van der Waals surface area contributed by atoms with Crippen LogP contribution in [0.2, 0.25) is 0 Å². The molecule has 0 aromatic heterocycles. The number of nitro groups is 1. The molecular formula is C12H13BrN2O5S. The molecule has 1 aromatic carbocycles. The lowest BCUT2D eigenvalue weighted by molar-refractivity contribution is -0.385. The maximum Gasteiger partial charge on any atom is 0.284 e. The van der Waals surface area contributed by atoms with Crippen molar-refractivity contribution in [3.8, 4) is 0 Å². The highest BCUT2D eigenvalue weighted by Crippen LogP contribution is 2.30. The van der Waals surface area contributed by atoms with Crippen LogP contribution < -0.4 is 0 Å². The fraction of sp³-hybridized carbons (Fsp3) is 0.417. The number of halogens is 1. The van der Waals surface area contributed by atoms with Crippen molar-refractivity contribution in [1.82, 2.24) is 4.90 Å². The second-order valence-electron chi connectivity index (χ2n) is 4.87. The van der Waals surface area contributed by atoms with E-state index in [1.165, 1.54) is 30.1 Å². The molecule has 1 heterocycles. The number of hydrogen-bond donors (Lipinski definition) is 0. The summed E-state index contributed by atoms with van der Waals surface area (Å²) in [6, 6.07) is 3.80. The van der Waals surface area contributed by atoms with E-state index in [0.29, 0.717) is 6.42 Å². The molecule has 0 aliphatic carbocycles. The predicted molar refractivity (Wildman–Crippen MR) is 79.9 cm³/mol. The number of rotatable bonds is 3. The van der Waals surface area contributed by atoms with Crippen molar-refractivity contribution < 1.29 is 18.1 Å². The second-order valence-corrected chi connectivity index (χ2v) is 7.89. The number of nitrogens with zero attached hydrogens (tertiary/aromatic N) is 2. The van der Waals surface area contributed by atoms with E-state index in [1.807, 2.05) is 0 Å². The van der Waals surface area contributed by atoms with Gasteiger partial charge in [0.15, 0.2) is 9.84 Å². The third kappa shape index (κ3) is 3.24. The lowest BCUT2D eigenvalue weighted by atomic mass is 10.1. The van der Waals surface area contributed by atoms with E-state index in [4.69, 9.17) is 0 Å². The molecule has 0 radical (unpaired) electrons. The number of sulfone groups is 1. The van der Waals surface area contributed by atoms with Crippen LogP contribution in [0.4, 0.5) is 5.69 Å². The van der Waals surface area contributed by atoms with Crippen LogP contribution in [0.15, 0.2) is 22.7 Å². The zero-order chi connectivity index (χ0) is 15.8. The average Bonchev–Trinajstić information content (AvgIpc) is 2.77. The van der Waals surface area contributed by atoms with Gasteiger partial charge in [-0.3, -0.25) is 14.9 Å². The number of nitro benzene ring substituents is 1. The molecular weight excluding hydrogens is 364 g/mol. The van der Waals surface area contributed by atoms with Crippen LogP contribution in [-0.2, 0) is 9.84 Å². The predicted octanol–water partition coefficient (Wildman–Crippen LogP) is 1.62. The largest absolute Gasteiger partial charge is 0.338 e. The lowest BCUT2D eigenvalue weighted by Gasteiger charge is -2.23. The quantitative estimate of drug-likeness (QED) is 0.589. The van der Waals surface area contributed by atoms with Crippen LogP contribution >= 0.6 is 15.9 Å². The van der Waals surface area contributed by atoms with E-state index in [9.17, 15) is 23.3 Å². The summed E-state index contributed by atoms with van der Waals surface area (Å²) in [5.41, 5.74) is -0.0516. The monoisotopic (exact) mass is 376 g/mol. The van der Waals surface area contributed by atoms with Crippen molar-refractivity contribution in [1.29, 1.82) is 0 Å². The Bertz CT molecular complexity index is 704.